The molecule has 116 valence electrons. The van der Waals surface area contributed by atoms with Gasteiger partial charge in [-0.15, -0.1) is 0 Å². The van der Waals surface area contributed by atoms with Crippen molar-refractivity contribution in [2.75, 3.05) is 0 Å². The predicted octanol–water partition coefficient (Wildman–Crippen LogP) is 3.37. The molecule has 0 spiro atoms. The van der Waals surface area contributed by atoms with Crippen molar-refractivity contribution in [3.8, 4) is 0 Å². The minimum absolute atomic E-state index is 0. The van der Waals surface area contributed by atoms with Gasteiger partial charge >= 0.3 is 58.2 Å². The van der Waals surface area contributed by atoms with Crippen LogP contribution in [0.1, 0.15) is 82.6 Å². The summed E-state index contributed by atoms with van der Waals surface area (Å²) in [6.45, 7) is 2.43. The second-order valence-electron chi connectivity index (χ2n) is 7.75. The van der Waals surface area contributed by atoms with Gasteiger partial charge in [-0.3, -0.25) is 0 Å². The molecule has 2 aliphatic rings. The SMILES string of the molecule is CC1CCC(CCC2CCC(c3cc[c-]cc3)CC2)CC1.[Rb+]. The Hall–Kier alpha value is 1.03. The van der Waals surface area contributed by atoms with Crippen LogP contribution in [0.5, 0.6) is 0 Å². The van der Waals surface area contributed by atoms with Crippen LogP contribution in [0.4, 0.5) is 0 Å². The summed E-state index contributed by atoms with van der Waals surface area (Å²) in [6, 6.07) is 11.8. The summed E-state index contributed by atoms with van der Waals surface area (Å²) in [7, 11) is 0. The Balaban J connectivity index is 0.00000176. The molecular weight excluding hydrogens is 338 g/mol. The summed E-state index contributed by atoms with van der Waals surface area (Å²) in [5, 5.41) is 0. The van der Waals surface area contributed by atoms with Crippen molar-refractivity contribution in [3.63, 3.8) is 0 Å². The molecule has 0 amide bonds. The van der Waals surface area contributed by atoms with Crippen LogP contribution in [-0.4, -0.2) is 0 Å². The molecule has 22 heavy (non-hydrogen) atoms. The normalized spacial score (nSPS) is 32.2. The predicted molar refractivity (Wildman–Crippen MR) is 90.3 cm³/mol. The summed E-state index contributed by atoms with van der Waals surface area (Å²) >= 11 is 0. The zero-order chi connectivity index (χ0) is 14.5. The van der Waals surface area contributed by atoms with Gasteiger partial charge < -0.3 is 0 Å². The minimum Gasteiger partial charge on any atom is -0.184 e. The molecule has 1 aromatic carbocycles. The molecule has 3 rings (SSSR count). The van der Waals surface area contributed by atoms with E-state index in [1.807, 2.05) is 0 Å². The number of rotatable bonds is 4. The van der Waals surface area contributed by atoms with Gasteiger partial charge in [0.1, 0.15) is 0 Å². The van der Waals surface area contributed by atoms with Crippen LogP contribution in [0.3, 0.4) is 0 Å². The molecule has 0 N–H and O–H groups in total. The summed E-state index contributed by atoms with van der Waals surface area (Å²) in [5.74, 6) is 3.91. The first kappa shape index (κ1) is 19.4. The van der Waals surface area contributed by atoms with E-state index in [1.54, 1.807) is 5.56 Å². The van der Waals surface area contributed by atoms with E-state index in [9.17, 15) is 0 Å². The van der Waals surface area contributed by atoms with Crippen LogP contribution in [0.25, 0.3) is 0 Å². The first-order valence-corrected chi connectivity index (χ1v) is 9.27. The molecule has 1 aromatic rings. The molecule has 2 fully saturated rings. The van der Waals surface area contributed by atoms with Crippen molar-refractivity contribution in [2.45, 2.75) is 77.0 Å². The van der Waals surface area contributed by atoms with Gasteiger partial charge in [0.05, 0.1) is 0 Å². The maximum Gasteiger partial charge on any atom is 1.00 e. The zero-order valence-electron chi connectivity index (χ0n) is 14.7. The van der Waals surface area contributed by atoms with E-state index in [4.69, 9.17) is 0 Å². The van der Waals surface area contributed by atoms with Gasteiger partial charge in [0.25, 0.3) is 0 Å². The third-order valence-electron chi connectivity index (χ3n) is 6.18. The van der Waals surface area contributed by atoms with Crippen LogP contribution >= 0.6 is 0 Å². The summed E-state index contributed by atoms with van der Waals surface area (Å²) in [4.78, 5) is 0. The maximum atomic E-state index is 3.14. The molecule has 0 radical (unpaired) electrons. The standard InChI is InChI=1S/C21H31.Rb/c1-17-7-9-18(10-8-17)11-12-19-13-15-21(16-14-19)20-5-3-2-4-6-20;/h3-6,17-19,21H,7-16H2,1H3;/q-1;+1. The van der Waals surface area contributed by atoms with E-state index >= 15 is 0 Å². The van der Waals surface area contributed by atoms with Crippen LogP contribution < -0.4 is 58.2 Å². The molecule has 0 saturated heterocycles. The Morgan fingerprint density at radius 2 is 1.32 bits per heavy atom. The Morgan fingerprint density at radius 1 is 0.818 bits per heavy atom. The van der Waals surface area contributed by atoms with Gasteiger partial charge in [0.15, 0.2) is 0 Å². The third kappa shape index (κ3) is 5.83. The fourth-order valence-electron chi connectivity index (χ4n) is 4.55. The fraction of sp³-hybridized carbons (Fsp3) is 0.714. The average Bonchev–Trinajstić information content (AvgIpc) is 2.56. The smallest absolute Gasteiger partial charge is 0.184 e. The van der Waals surface area contributed by atoms with Crippen molar-refractivity contribution in [1.29, 1.82) is 0 Å². The summed E-state index contributed by atoms with van der Waals surface area (Å²) in [5.41, 5.74) is 1.55. The van der Waals surface area contributed by atoms with E-state index in [-0.39, 0.29) is 58.2 Å². The molecule has 0 aromatic heterocycles. The fourth-order valence-corrected chi connectivity index (χ4v) is 4.55. The van der Waals surface area contributed by atoms with E-state index in [1.165, 1.54) is 64.2 Å². The van der Waals surface area contributed by atoms with Crippen molar-refractivity contribution in [2.24, 2.45) is 17.8 Å². The third-order valence-corrected chi connectivity index (χ3v) is 6.18. The van der Waals surface area contributed by atoms with Gasteiger partial charge in [-0.05, 0) is 49.4 Å². The molecule has 1 heteroatoms. The average molecular weight is 369 g/mol. The van der Waals surface area contributed by atoms with E-state index in [2.05, 4.69) is 37.3 Å². The second kappa shape index (κ2) is 10.1. The van der Waals surface area contributed by atoms with Gasteiger partial charge in [-0.2, -0.15) is 35.9 Å². The number of hydrogen-bond donors (Lipinski definition) is 0. The Kier molecular flexibility index (Phi) is 8.90. The van der Waals surface area contributed by atoms with Crippen molar-refractivity contribution >= 4 is 0 Å². The Bertz CT molecular complexity index is 397. The maximum absolute atomic E-state index is 3.14. The van der Waals surface area contributed by atoms with E-state index < -0.39 is 0 Å². The molecule has 0 atom stereocenters. The van der Waals surface area contributed by atoms with Crippen LogP contribution in [-0.2, 0) is 0 Å². The molecular formula is C21H31Rb. The van der Waals surface area contributed by atoms with Crippen LogP contribution in [0.2, 0.25) is 0 Å². The molecule has 0 aliphatic heterocycles. The van der Waals surface area contributed by atoms with Crippen molar-refractivity contribution in [3.05, 3.63) is 35.9 Å². The van der Waals surface area contributed by atoms with E-state index in [0.29, 0.717) is 0 Å². The largest absolute Gasteiger partial charge is 1.00 e. The monoisotopic (exact) mass is 368 g/mol. The van der Waals surface area contributed by atoms with Crippen molar-refractivity contribution in [1.82, 2.24) is 0 Å². The minimum atomic E-state index is 0. The second-order valence-corrected chi connectivity index (χ2v) is 7.75. The Labute approximate surface area is 186 Å². The molecule has 0 nitrogen and oxygen atoms in total. The molecule has 2 saturated carbocycles. The van der Waals surface area contributed by atoms with Crippen LogP contribution in [0.15, 0.2) is 24.3 Å². The van der Waals surface area contributed by atoms with Gasteiger partial charge in [-0.1, -0.05) is 45.4 Å². The van der Waals surface area contributed by atoms with Gasteiger partial charge in [0.2, 0.25) is 0 Å². The molecule has 2 aliphatic carbocycles. The molecule has 0 bridgehead atoms. The summed E-state index contributed by atoms with van der Waals surface area (Å²) < 4.78 is 0. The zero-order valence-corrected chi connectivity index (χ0v) is 19.6. The quantitative estimate of drug-likeness (QED) is 0.715. The van der Waals surface area contributed by atoms with E-state index in [0.717, 1.165) is 23.7 Å². The summed E-state index contributed by atoms with van der Waals surface area (Å²) in [6.07, 6.45) is 14.8. The number of hydrogen-bond acceptors (Lipinski definition) is 0. The Morgan fingerprint density at radius 3 is 1.86 bits per heavy atom. The molecule has 0 unspecified atom stereocenters. The van der Waals surface area contributed by atoms with Crippen LogP contribution in [0, 0.1) is 23.8 Å². The topological polar surface area (TPSA) is 0 Å². The van der Waals surface area contributed by atoms with Crippen molar-refractivity contribution < 1.29 is 58.2 Å². The first-order chi connectivity index (χ1) is 10.3. The first-order valence-electron chi connectivity index (χ1n) is 9.27. The number of benzene rings is 1. The van der Waals surface area contributed by atoms with Gasteiger partial charge in [-0.25, -0.2) is 0 Å². The molecule has 0 heterocycles. The van der Waals surface area contributed by atoms with Gasteiger partial charge in [0, 0.05) is 0 Å².